The van der Waals surface area contributed by atoms with Crippen LogP contribution in [0.15, 0.2) is 36.5 Å². The van der Waals surface area contributed by atoms with Gasteiger partial charge < -0.3 is 10.1 Å². The lowest BCUT2D eigenvalue weighted by molar-refractivity contribution is 0.298. The summed E-state index contributed by atoms with van der Waals surface area (Å²) >= 11 is 5.68. The van der Waals surface area contributed by atoms with Crippen molar-refractivity contribution in [1.29, 1.82) is 0 Å². The normalized spacial score (nSPS) is 10.5. The summed E-state index contributed by atoms with van der Waals surface area (Å²) in [6, 6.07) is 8.20. The van der Waals surface area contributed by atoms with Crippen molar-refractivity contribution in [2.45, 2.75) is 13.2 Å². The molecule has 1 heterocycles. The minimum absolute atomic E-state index is 0.149. The lowest BCUT2D eigenvalue weighted by Gasteiger charge is -2.07. The van der Waals surface area contributed by atoms with Gasteiger partial charge in [0.05, 0.1) is 11.9 Å². The summed E-state index contributed by atoms with van der Waals surface area (Å²) in [6.45, 7) is 0.849. The number of rotatable bonds is 5. The number of ether oxygens (including phenoxy) is 1. The summed E-state index contributed by atoms with van der Waals surface area (Å²) in [6.07, 6.45) is 1.63. The SMILES string of the molecule is CNCc1ccc(OCc2ccc(Cl)cc2F)cn1. The minimum atomic E-state index is -0.368. The molecule has 0 spiro atoms. The lowest BCUT2D eigenvalue weighted by atomic mass is 10.2. The fourth-order valence-electron chi connectivity index (χ4n) is 1.58. The molecule has 0 unspecified atom stereocenters. The summed E-state index contributed by atoms with van der Waals surface area (Å²) in [4.78, 5) is 4.21. The highest BCUT2D eigenvalue weighted by atomic mass is 35.5. The standard InChI is InChI=1S/C14H14ClFN2O/c1-17-7-12-4-5-13(8-18-12)19-9-10-2-3-11(15)6-14(10)16/h2-6,8,17H,7,9H2,1H3. The molecule has 2 aromatic rings. The van der Waals surface area contributed by atoms with Crippen molar-refractivity contribution in [3.05, 3.63) is 58.6 Å². The number of benzene rings is 1. The Balaban J connectivity index is 1.98. The molecular weight excluding hydrogens is 267 g/mol. The van der Waals surface area contributed by atoms with Crippen molar-refractivity contribution >= 4 is 11.6 Å². The maximum atomic E-state index is 13.5. The number of halogens is 2. The third-order valence-electron chi connectivity index (χ3n) is 2.56. The Morgan fingerprint density at radius 1 is 1.32 bits per heavy atom. The van der Waals surface area contributed by atoms with Crippen molar-refractivity contribution in [3.63, 3.8) is 0 Å². The number of nitrogens with one attached hydrogen (secondary N) is 1. The summed E-state index contributed by atoms with van der Waals surface area (Å²) in [5.41, 5.74) is 1.39. The molecule has 5 heteroatoms. The van der Waals surface area contributed by atoms with E-state index in [1.807, 2.05) is 19.2 Å². The smallest absolute Gasteiger partial charge is 0.138 e. The maximum absolute atomic E-state index is 13.5. The predicted molar refractivity (Wildman–Crippen MR) is 72.7 cm³/mol. The first-order valence-electron chi connectivity index (χ1n) is 5.85. The van der Waals surface area contributed by atoms with Crippen LogP contribution in [0.5, 0.6) is 5.75 Å². The van der Waals surface area contributed by atoms with Gasteiger partial charge in [-0.1, -0.05) is 17.7 Å². The molecule has 1 aromatic carbocycles. The number of hydrogen-bond donors (Lipinski definition) is 1. The Morgan fingerprint density at radius 2 is 2.16 bits per heavy atom. The number of hydrogen-bond acceptors (Lipinski definition) is 3. The highest BCUT2D eigenvalue weighted by Crippen LogP contribution is 2.17. The molecule has 0 aliphatic heterocycles. The first-order chi connectivity index (χ1) is 9.19. The molecule has 0 radical (unpaired) electrons. The quantitative estimate of drug-likeness (QED) is 0.913. The van der Waals surface area contributed by atoms with E-state index < -0.39 is 0 Å². The largest absolute Gasteiger partial charge is 0.487 e. The van der Waals surface area contributed by atoms with Crippen molar-refractivity contribution in [1.82, 2.24) is 10.3 Å². The Morgan fingerprint density at radius 3 is 2.79 bits per heavy atom. The van der Waals surface area contributed by atoms with Crippen molar-refractivity contribution in [2.24, 2.45) is 0 Å². The van der Waals surface area contributed by atoms with Gasteiger partial charge >= 0.3 is 0 Å². The highest BCUT2D eigenvalue weighted by Gasteiger charge is 2.04. The third-order valence-corrected chi connectivity index (χ3v) is 2.80. The van der Waals surface area contributed by atoms with Crippen LogP contribution in [0.3, 0.4) is 0 Å². The van der Waals surface area contributed by atoms with E-state index in [2.05, 4.69) is 10.3 Å². The number of nitrogens with zero attached hydrogens (tertiary/aromatic N) is 1. The summed E-state index contributed by atoms with van der Waals surface area (Å²) in [5.74, 6) is 0.237. The second kappa shape index (κ2) is 6.50. The van der Waals surface area contributed by atoms with E-state index in [0.717, 1.165) is 5.69 Å². The van der Waals surface area contributed by atoms with Crippen LogP contribution in [0.2, 0.25) is 5.02 Å². The molecular formula is C14H14ClFN2O. The molecule has 0 saturated heterocycles. The topological polar surface area (TPSA) is 34.1 Å². The molecule has 100 valence electrons. The molecule has 0 amide bonds. The Hall–Kier alpha value is -1.65. The van der Waals surface area contributed by atoms with E-state index in [-0.39, 0.29) is 12.4 Å². The molecule has 19 heavy (non-hydrogen) atoms. The van der Waals surface area contributed by atoms with E-state index in [1.165, 1.54) is 6.07 Å². The van der Waals surface area contributed by atoms with Crippen LogP contribution in [0.1, 0.15) is 11.3 Å². The van der Waals surface area contributed by atoms with Gasteiger partial charge in [0.25, 0.3) is 0 Å². The molecule has 0 atom stereocenters. The fourth-order valence-corrected chi connectivity index (χ4v) is 1.74. The molecule has 3 nitrogen and oxygen atoms in total. The Labute approximate surface area is 116 Å². The molecule has 0 aliphatic rings. The van der Waals surface area contributed by atoms with Crippen LogP contribution in [-0.2, 0) is 13.2 Å². The Kier molecular flexibility index (Phi) is 4.71. The van der Waals surface area contributed by atoms with Crippen molar-refractivity contribution in [2.75, 3.05) is 7.05 Å². The van der Waals surface area contributed by atoms with Gasteiger partial charge in [0.15, 0.2) is 0 Å². The summed E-state index contributed by atoms with van der Waals surface area (Å²) in [5, 5.41) is 3.38. The lowest BCUT2D eigenvalue weighted by Crippen LogP contribution is -2.06. The van der Waals surface area contributed by atoms with Gasteiger partial charge in [-0.15, -0.1) is 0 Å². The van der Waals surface area contributed by atoms with Crippen LogP contribution in [-0.4, -0.2) is 12.0 Å². The van der Waals surface area contributed by atoms with Gasteiger partial charge in [-0.2, -0.15) is 0 Å². The van der Waals surface area contributed by atoms with Gasteiger partial charge in [0, 0.05) is 17.1 Å². The zero-order chi connectivity index (χ0) is 13.7. The van der Waals surface area contributed by atoms with Gasteiger partial charge in [0.2, 0.25) is 0 Å². The van der Waals surface area contributed by atoms with Crippen LogP contribution in [0, 0.1) is 5.82 Å². The van der Waals surface area contributed by atoms with E-state index >= 15 is 0 Å². The van der Waals surface area contributed by atoms with E-state index in [4.69, 9.17) is 16.3 Å². The van der Waals surface area contributed by atoms with E-state index in [0.29, 0.717) is 22.9 Å². The van der Waals surface area contributed by atoms with Crippen LogP contribution < -0.4 is 10.1 Å². The van der Waals surface area contributed by atoms with Crippen molar-refractivity contribution in [3.8, 4) is 5.75 Å². The molecule has 0 saturated carbocycles. The number of pyridine rings is 1. The van der Waals surface area contributed by atoms with Gasteiger partial charge in [0.1, 0.15) is 18.2 Å². The molecule has 0 aliphatic carbocycles. The number of aromatic nitrogens is 1. The average Bonchev–Trinajstić information content (AvgIpc) is 2.40. The van der Waals surface area contributed by atoms with Gasteiger partial charge in [-0.05, 0) is 31.3 Å². The van der Waals surface area contributed by atoms with Crippen molar-refractivity contribution < 1.29 is 9.13 Å². The zero-order valence-electron chi connectivity index (χ0n) is 10.5. The molecule has 2 rings (SSSR count). The highest BCUT2D eigenvalue weighted by molar-refractivity contribution is 6.30. The summed E-state index contributed by atoms with van der Waals surface area (Å²) < 4.78 is 19.0. The molecule has 1 aromatic heterocycles. The maximum Gasteiger partial charge on any atom is 0.138 e. The fraction of sp³-hybridized carbons (Fsp3) is 0.214. The van der Waals surface area contributed by atoms with Crippen LogP contribution >= 0.6 is 11.6 Å². The molecule has 0 bridgehead atoms. The average molecular weight is 281 g/mol. The minimum Gasteiger partial charge on any atom is -0.487 e. The first kappa shape index (κ1) is 13.8. The van der Waals surface area contributed by atoms with Gasteiger partial charge in [-0.25, -0.2) is 4.39 Å². The first-order valence-corrected chi connectivity index (χ1v) is 6.23. The zero-order valence-corrected chi connectivity index (χ0v) is 11.2. The van der Waals surface area contributed by atoms with E-state index in [1.54, 1.807) is 18.3 Å². The molecule has 1 N–H and O–H groups in total. The van der Waals surface area contributed by atoms with Crippen LogP contribution in [0.4, 0.5) is 4.39 Å². The predicted octanol–water partition coefficient (Wildman–Crippen LogP) is 3.17. The van der Waals surface area contributed by atoms with Gasteiger partial charge in [-0.3, -0.25) is 4.98 Å². The molecule has 0 fully saturated rings. The third kappa shape index (κ3) is 3.91. The monoisotopic (exact) mass is 280 g/mol. The Bertz CT molecular complexity index is 546. The second-order valence-electron chi connectivity index (χ2n) is 4.04. The second-order valence-corrected chi connectivity index (χ2v) is 4.48. The summed E-state index contributed by atoms with van der Waals surface area (Å²) in [7, 11) is 1.86. The van der Waals surface area contributed by atoms with Crippen LogP contribution in [0.25, 0.3) is 0 Å². The van der Waals surface area contributed by atoms with E-state index in [9.17, 15) is 4.39 Å².